The van der Waals surface area contributed by atoms with E-state index in [0.29, 0.717) is 17.0 Å². The van der Waals surface area contributed by atoms with Crippen molar-refractivity contribution in [3.63, 3.8) is 0 Å². The molecule has 0 heterocycles. The first kappa shape index (κ1) is 21.4. The number of fused-ring (bicyclic) bond motifs is 1. The van der Waals surface area contributed by atoms with Crippen LogP contribution in [-0.2, 0) is 9.47 Å². The predicted octanol–water partition coefficient (Wildman–Crippen LogP) is 4.24. The largest absolute Gasteiger partial charge is 0.504 e. The van der Waals surface area contributed by atoms with Gasteiger partial charge in [0.2, 0.25) is 0 Å². The zero-order valence-electron chi connectivity index (χ0n) is 16.9. The smallest absolute Gasteiger partial charge is 0.412 e. The molecule has 0 aromatic heterocycles. The predicted molar refractivity (Wildman–Crippen MR) is 114 cm³/mol. The highest BCUT2D eigenvalue weighted by Gasteiger charge is 2.28. The zero-order chi connectivity index (χ0) is 21.5. The Balaban J connectivity index is 1.86. The van der Waals surface area contributed by atoms with Gasteiger partial charge in [0.25, 0.3) is 0 Å². The molecule has 0 saturated carbocycles. The molecule has 3 rings (SSSR count). The Bertz CT molecular complexity index is 1000. The van der Waals surface area contributed by atoms with E-state index in [9.17, 15) is 15.0 Å². The molecule has 0 aliphatic carbocycles. The summed E-state index contributed by atoms with van der Waals surface area (Å²) in [4.78, 5) is 12.7. The number of carbonyl (C=O) groups is 1. The first-order valence-electron chi connectivity index (χ1n) is 9.53. The van der Waals surface area contributed by atoms with Crippen molar-refractivity contribution in [1.82, 2.24) is 0 Å². The van der Waals surface area contributed by atoms with Gasteiger partial charge in [-0.25, -0.2) is 4.79 Å². The molecular formula is C23H25NO6. The number of amides is 1. The number of rotatable bonds is 8. The lowest BCUT2D eigenvalue weighted by atomic mass is 10.0. The summed E-state index contributed by atoms with van der Waals surface area (Å²) in [6, 6.07) is 18.0. The SMILES string of the molecule is COc1ccc([C@@H](OC(=O)Nc2cccc3ccccc23)[C@@H](CCO)OC)cc1O. The number of aliphatic hydroxyl groups is 1. The summed E-state index contributed by atoms with van der Waals surface area (Å²) in [6.07, 6.45) is -1.89. The van der Waals surface area contributed by atoms with Gasteiger partial charge >= 0.3 is 6.09 Å². The van der Waals surface area contributed by atoms with E-state index in [-0.39, 0.29) is 18.8 Å². The molecule has 0 bridgehead atoms. The highest BCUT2D eigenvalue weighted by Crippen LogP contribution is 2.33. The Morgan fingerprint density at radius 1 is 1.07 bits per heavy atom. The minimum Gasteiger partial charge on any atom is -0.504 e. The first-order chi connectivity index (χ1) is 14.6. The third-order valence-electron chi connectivity index (χ3n) is 4.85. The van der Waals surface area contributed by atoms with Gasteiger partial charge in [0.1, 0.15) is 6.10 Å². The maximum Gasteiger partial charge on any atom is 0.412 e. The van der Waals surface area contributed by atoms with E-state index in [4.69, 9.17) is 14.2 Å². The molecule has 7 heteroatoms. The Morgan fingerprint density at radius 3 is 2.53 bits per heavy atom. The molecule has 3 aromatic carbocycles. The van der Waals surface area contributed by atoms with Crippen molar-refractivity contribution in [3.05, 3.63) is 66.2 Å². The number of nitrogens with one attached hydrogen (secondary N) is 1. The summed E-state index contributed by atoms with van der Waals surface area (Å²) in [7, 11) is 2.92. The van der Waals surface area contributed by atoms with E-state index in [1.807, 2.05) is 36.4 Å². The van der Waals surface area contributed by atoms with E-state index in [1.54, 1.807) is 18.2 Å². The number of phenols is 1. The van der Waals surface area contributed by atoms with Gasteiger partial charge in [0, 0.05) is 25.5 Å². The molecule has 0 spiro atoms. The van der Waals surface area contributed by atoms with Crippen LogP contribution in [0.4, 0.5) is 10.5 Å². The molecule has 0 aliphatic heterocycles. The summed E-state index contributed by atoms with van der Waals surface area (Å²) in [5.74, 6) is 0.214. The zero-order valence-corrected chi connectivity index (χ0v) is 16.9. The molecule has 0 radical (unpaired) electrons. The quantitative estimate of drug-likeness (QED) is 0.513. The van der Waals surface area contributed by atoms with Gasteiger partial charge in [-0.2, -0.15) is 0 Å². The molecular weight excluding hydrogens is 386 g/mol. The Kier molecular flexibility index (Phi) is 7.11. The van der Waals surface area contributed by atoms with Crippen molar-refractivity contribution >= 4 is 22.6 Å². The third-order valence-corrected chi connectivity index (χ3v) is 4.85. The number of carbonyl (C=O) groups excluding carboxylic acids is 1. The third kappa shape index (κ3) is 4.82. The number of anilines is 1. The molecule has 30 heavy (non-hydrogen) atoms. The number of hydrogen-bond acceptors (Lipinski definition) is 6. The van der Waals surface area contributed by atoms with Gasteiger partial charge in [-0.3, -0.25) is 5.32 Å². The van der Waals surface area contributed by atoms with Crippen molar-refractivity contribution in [2.45, 2.75) is 18.6 Å². The highest BCUT2D eigenvalue weighted by molar-refractivity contribution is 6.00. The average molecular weight is 411 g/mol. The van der Waals surface area contributed by atoms with Crippen LogP contribution in [0.5, 0.6) is 11.5 Å². The molecule has 0 aliphatic rings. The lowest BCUT2D eigenvalue weighted by molar-refractivity contribution is -0.0306. The molecule has 0 fully saturated rings. The maximum absolute atomic E-state index is 12.7. The number of aliphatic hydroxyl groups excluding tert-OH is 1. The number of hydrogen-bond donors (Lipinski definition) is 3. The second-order valence-electron chi connectivity index (χ2n) is 6.70. The summed E-state index contributed by atoms with van der Waals surface area (Å²) in [5.41, 5.74) is 1.13. The van der Waals surface area contributed by atoms with Crippen LogP contribution in [0.2, 0.25) is 0 Å². The number of aromatic hydroxyl groups is 1. The van der Waals surface area contributed by atoms with Gasteiger partial charge in [0.15, 0.2) is 17.6 Å². The van der Waals surface area contributed by atoms with Crippen LogP contribution in [0.25, 0.3) is 10.8 Å². The Hall–Kier alpha value is -3.29. The standard InChI is InChI=1S/C23H25NO6/c1-28-20-11-10-16(14-19(20)26)22(21(29-2)12-13-25)30-23(27)24-18-9-5-7-15-6-3-4-8-17(15)18/h3-11,14,21-22,25-26H,12-13H2,1-2H3,(H,24,27)/t21-,22-/m1/s1. The molecule has 7 nitrogen and oxygen atoms in total. The molecule has 1 amide bonds. The topological polar surface area (TPSA) is 97.3 Å². The fourth-order valence-electron chi connectivity index (χ4n) is 3.35. The van der Waals surface area contributed by atoms with Crippen molar-refractivity contribution in [2.75, 3.05) is 26.1 Å². The van der Waals surface area contributed by atoms with Crippen LogP contribution < -0.4 is 10.1 Å². The average Bonchev–Trinajstić information content (AvgIpc) is 2.76. The highest BCUT2D eigenvalue weighted by atomic mass is 16.6. The monoisotopic (exact) mass is 411 g/mol. The summed E-state index contributed by atoms with van der Waals surface area (Å²) in [6.45, 7) is -0.147. The van der Waals surface area contributed by atoms with Crippen LogP contribution in [0, 0.1) is 0 Å². The van der Waals surface area contributed by atoms with Crippen LogP contribution in [0.3, 0.4) is 0 Å². The summed E-state index contributed by atoms with van der Waals surface area (Å²) in [5, 5.41) is 24.2. The molecule has 0 saturated heterocycles. The molecule has 3 aromatic rings. The molecule has 2 atom stereocenters. The molecule has 0 unspecified atom stereocenters. The van der Waals surface area contributed by atoms with E-state index < -0.39 is 18.3 Å². The summed E-state index contributed by atoms with van der Waals surface area (Å²) < 4.78 is 16.2. The van der Waals surface area contributed by atoms with Gasteiger partial charge in [-0.1, -0.05) is 42.5 Å². The fourth-order valence-corrected chi connectivity index (χ4v) is 3.35. The van der Waals surface area contributed by atoms with E-state index in [0.717, 1.165) is 10.8 Å². The number of benzene rings is 3. The van der Waals surface area contributed by atoms with Crippen LogP contribution >= 0.6 is 0 Å². The van der Waals surface area contributed by atoms with Crippen LogP contribution in [-0.4, -0.2) is 43.2 Å². The van der Waals surface area contributed by atoms with Crippen molar-refractivity contribution < 1.29 is 29.2 Å². The van der Waals surface area contributed by atoms with Gasteiger partial charge < -0.3 is 24.4 Å². The van der Waals surface area contributed by atoms with Crippen LogP contribution in [0.1, 0.15) is 18.1 Å². The van der Waals surface area contributed by atoms with Gasteiger partial charge in [-0.05, 0) is 29.1 Å². The number of methoxy groups -OCH3 is 2. The normalized spacial score (nSPS) is 12.9. The van der Waals surface area contributed by atoms with Crippen molar-refractivity contribution in [2.24, 2.45) is 0 Å². The minimum atomic E-state index is -0.853. The van der Waals surface area contributed by atoms with Crippen molar-refractivity contribution in [3.8, 4) is 11.5 Å². The van der Waals surface area contributed by atoms with Crippen LogP contribution in [0.15, 0.2) is 60.7 Å². The van der Waals surface area contributed by atoms with E-state index >= 15 is 0 Å². The minimum absolute atomic E-state index is 0.0862. The van der Waals surface area contributed by atoms with Gasteiger partial charge in [-0.15, -0.1) is 0 Å². The lowest BCUT2D eigenvalue weighted by Gasteiger charge is -2.26. The molecule has 158 valence electrons. The Morgan fingerprint density at radius 2 is 1.83 bits per heavy atom. The van der Waals surface area contributed by atoms with Gasteiger partial charge in [0.05, 0.1) is 12.8 Å². The van der Waals surface area contributed by atoms with E-state index in [2.05, 4.69) is 5.32 Å². The molecule has 3 N–H and O–H groups in total. The van der Waals surface area contributed by atoms with E-state index in [1.165, 1.54) is 20.3 Å². The number of phenolic OH excluding ortho intramolecular Hbond substituents is 1. The number of ether oxygens (including phenoxy) is 3. The second kappa shape index (κ2) is 9.96. The maximum atomic E-state index is 12.7. The lowest BCUT2D eigenvalue weighted by Crippen LogP contribution is -2.29. The second-order valence-corrected chi connectivity index (χ2v) is 6.70. The Labute approximate surface area is 174 Å². The first-order valence-corrected chi connectivity index (χ1v) is 9.53. The summed E-state index contributed by atoms with van der Waals surface area (Å²) >= 11 is 0. The van der Waals surface area contributed by atoms with Crippen molar-refractivity contribution in [1.29, 1.82) is 0 Å². The fraction of sp³-hybridized carbons (Fsp3) is 0.261.